The standard InChI is InChI=1S/C24H18ClN5O2S/c1-15-6-2-3-10-20(15)32-14-21-28-30-22(26)19(23(31)27-24(30)33-21)13-18-9-5-11-29(18)17-8-4-7-16(25)12-17/h2-13,26H,14H2,1H3/b19-13-,26-22?. The lowest BCUT2D eigenvalue weighted by atomic mass is 10.1. The monoisotopic (exact) mass is 475 g/mol. The van der Waals surface area contributed by atoms with Crippen molar-refractivity contribution in [3.8, 4) is 11.4 Å². The first-order valence-electron chi connectivity index (χ1n) is 10.1. The molecule has 0 unspecified atom stereocenters. The molecule has 0 spiro atoms. The average molecular weight is 476 g/mol. The van der Waals surface area contributed by atoms with Crippen LogP contribution in [0.4, 0.5) is 0 Å². The second-order valence-corrected chi connectivity index (χ2v) is 8.83. The number of ether oxygens (including phenoxy) is 1. The molecule has 0 atom stereocenters. The number of halogens is 1. The maximum Gasteiger partial charge on any atom is 0.283 e. The summed E-state index contributed by atoms with van der Waals surface area (Å²) in [6.45, 7) is 2.19. The number of thioether (sulfide) groups is 1. The lowest BCUT2D eigenvalue weighted by molar-refractivity contribution is -0.114. The Kier molecular flexibility index (Phi) is 5.62. The Balaban J connectivity index is 1.39. The third-order valence-corrected chi connectivity index (χ3v) is 6.22. The van der Waals surface area contributed by atoms with Crippen LogP contribution >= 0.6 is 23.4 Å². The van der Waals surface area contributed by atoms with E-state index in [-0.39, 0.29) is 18.0 Å². The van der Waals surface area contributed by atoms with E-state index in [1.54, 1.807) is 12.1 Å². The van der Waals surface area contributed by atoms with Crippen molar-refractivity contribution >= 4 is 51.4 Å². The molecule has 5 rings (SSSR count). The molecule has 2 aliphatic heterocycles. The molecule has 33 heavy (non-hydrogen) atoms. The number of hydrazone groups is 1. The topological polar surface area (TPSA) is 83.0 Å². The number of rotatable bonds is 5. The Bertz CT molecular complexity index is 1370. The molecular formula is C24H18ClN5O2S. The molecule has 164 valence electrons. The van der Waals surface area contributed by atoms with Crippen LogP contribution in [0.1, 0.15) is 11.3 Å². The average Bonchev–Trinajstić information content (AvgIpc) is 3.43. The number of nitrogens with one attached hydrogen (secondary N) is 1. The fraction of sp³-hybridized carbons (Fsp3) is 0.0833. The van der Waals surface area contributed by atoms with Crippen LogP contribution in [0.3, 0.4) is 0 Å². The molecule has 3 heterocycles. The van der Waals surface area contributed by atoms with Crippen molar-refractivity contribution in [1.29, 1.82) is 5.41 Å². The Morgan fingerprint density at radius 3 is 2.82 bits per heavy atom. The highest BCUT2D eigenvalue weighted by molar-refractivity contribution is 8.27. The van der Waals surface area contributed by atoms with Gasteiger partial charge in [0.1, 0.15) is 17.4 Å². The quantitative estimate of drug-likeness (QED) is 0.518. The van der Waals surface area contributed by atoms with Gasteiger partial charge in [0.15, 0.2) is 5.84 Å². The van der Waals surface area contributed by atoms with Crippen LogP contribution in [0.2, 0.25) is 5.02 Å². The maximum atomic E-state index is 12.8. The smallest absolute Gasteiger partial charge is 0.283 e. The number of benzene rings is 2. The third-order valence-electron chi connectivity index (χ3n) is 5.10. The molecule has 0 bridgehead atoms. The number of hydrogen-bond donors (Lipinski definition) is 1. The van der Waals surface area contributed by atoms with Crippen molar-refractivity contribution in [3.05, 3.63) is 88.7 Å². The van der Waals surface area contributed by atoms with E-state index in [0.29, 0.717) is 15.2 Å². The van der Waals surface area contributed by atoms with Gasteiger partial charge in [-0.2, -0.15) is 15.1 Å². The fourth-order valence-corrected chi connectivity index (χ4v) is 4.45. The van der Waals surface area contributed by atoms with Gasteiger partial charge >= 0.3 is 0 Å². The molecule has 1 amide bonds. The van der Waals surface area contributed by atoms with Gasteiger partial charge in [-0.25, -0.2) is 0 Å². The number of hydrogen-bond acceptors (Lipinski definition) is 5. The minimum absolute atomic E-state index is 0.0257. The highest BCUT2D eigenvalue weighted by Gasteiger charge is 2.36. The molecule has 1 aromatic heterocycles. The van der Waals surface area contributed by atoms with E-state index in [1.807, 2.05) is 72.3 Å². The molecule has 0 fully saturated rings. The summed E-state index contributed by atoms with van der Waals surface area (Å²) >= 11 is 7.36. The highest BCUT2D eigenvalue weighted by Crippen LogP contribution is 2.29. The van der Waals surface area contributed by atoms with Gasteiger partial charge in [0, 0.05) is 22.6 Å². The summed E-state index contributed by atoms with van der Waals surface area (Å²) in [6.07, 6.45) is 3.52. The van der Waals surface area contributed by atoms with Crippen molar-refractivity contribution < 1.29 is 9.53 Å². The first kappa shape index (κ1) is 21.2. The Morgan fingerprint density at radius 2 is 2.00 bits per heavy atom. The number of amidine groups is 2. The predicted octanol–water partition coefficient (Wildman–Crippen LogP) is 5.14. The number of para-hydroxylation sites is 1. The molecule has 0 saturated carbocycles. The van der Waals surface area contributed by atoms with Crippen molar-refractivity contribution in [1.82, 2.24) is 9.58 Å². The van der Waals surface area contributed by atoms with E-state index in [9.17, 15) is 4.79 Å². The van der Waals surface area contributed by atoms with Crippen LogP contribution in [-0.2, 0) is 4.79 Å². The van der Waals surface area contributed by atoms with Gasteiger partial charge in [-0.3, -0.25) is 10.2 Å². The van der Waals surface area contributed by atoms with Gasteiger partial charge in [0.05, 0.1) is 5.57 Å². The highest BCUT2D eigenvalue weighted by atomic mass is 35.5. The molecule has 3 aromatic rings. The molecule has 0 saturated heterocycles. The van der Waals surface area contributed by atoms with E-state index in [4.69, 9.17) is 21.7 Å². The number of carbonyl (C=O) groups excluding carboxylic acids is 1. The van der Waals surface area contributed by atoms with E-state index < -0.39 is 5.91 Å². The molecule has 2 aliphatic rings. The van der Waals surface area contributed by atoms with Gasteiger partial charge in [-0.05, 0) is 66.7 Å². The summed E-state index contributed by atoms with van der Waals surface area (Å²) in [6, 6.07) is 18.8. The summed E-state index contributed by atoms with van der Waals surface area (Å²) in [5.74, 6) is 0.261. The van der Waals surface area contributed by atoms with Gasteiger partial charge in [-0.15, -0.1) is 0 Å². The predicted molar refractivity (Wildman–Crippen MR) is 132 cm³/mol. The number of carbonyl (C=O) groups is 1. The Labute approximate surface area is 199 Å². The normalized spacial score (nSPS) is 16.7. The number of aryl methyl sites for hydroxylation is 1. The Hall–Kier alpha value is -3.62. The van der Waals surface area contributed by atoms with Crippen LogP contribution in [0, 0.1) is 12.3 Å². The summed E-state index contributed by atoms with van der Waals surface area (Å²) < 4.78 is 7.75. The summed E-state index contributed by atoms with van der Waals surface area (Å²) in [5.41, 5.74) is 2.75. The van der Waals surface area contributed by atoms with E-state index in [1.165, 1.54) is 16.8 Å². The van der Waals surface area contributed by atoms with Crippen LogP contribution < -0.4 is 4.74 Å². The molecule has 1 N–H and O–H groups in total. The Morgan fingerprint density at radius 1 is 1.15 bits per heavy atom. The van der Waals surface area contributed by atoms with Gasteiger partial charge in [0.2, 0.25) is 5.17 Å². The van der Waals surface area contributed by atoms with Crippen LogP contribution in [0.25, 0.3) is 11.8 Å². The second kappa shape index (κ2) is 8.73. The molecular weight excluding hydrogens is 458 g/mol. The zero-order valence-electron chi connectivity index (χ0n) is 17.5. The van der Waals surface area contributed by atoms with Crippen LogP contribution in [0.5, 0.6) is 5.75 Å². The maximum absolute atomic E-state index is 12.8. The first-order valence-corrected chi connectivity index (χ1v) is 11.3. The first-order chi connectivity index (χ1) is 16.0. The second-order valence-electron chi connectivity index (χ2n) is 7.35. The summed E-state index contributed by atoms with van der Waals surface area (Å²) in [5, 5.41) is 16.0. The number of nitrogens with zero attached hydrogens (tertiary/aromatic N) is 4. The van der Waals surface area contributed by atoms with E-state index in [2.05, 4.69) is 10.1 Å². The fourth-order valence-electron chi connectivity index (χ4n) is 3.47. The van der Waals surface area contributed by atoms with Gasteiger partial charge < -0.3 is 9.30 Å². The molecule has 2 aromatic carbocycles. The van der Waals surface area contributed by atoms with Crippen LogP contribution in [-0.4, -0.2) is 38.1 Å². The van der Waals surface area contributed by atoms with Gasteiger partial charge in [-0.1, -0.05) is 35.9 Å². The minimum Gasteiger partial charge on any atom is -0.486 e. The molecule has 0 radical (unpaired) electrons. The number of fused-ring (bicyclic) bond motifs is 1. The van der Waals surface area contributed by atoms with Crippen molar-refractivity contribution in [3.63, 3.8) is 0 Å². The SMILES string of the molecule is Cc1ccccc1OCC1=NN2C(=N)/C(=C/c3cccn3-c3cccc(Cl)c3)C(=O)N=C2S1. The summed E-state index contributed by atoms with van der Waals surface area (Å²) in [7, 11) is 0. The lowest BCUT2D eigenvalue weighted by Crippen LogP contribution is -2.35. The van der Waals surface area contributed by atoms with Gasteiger partial charge in [0.25, 0.3) is 5.91 Å². The van der Waals surface area contributed by atoms with E-state index in [0.717, 1.165) is 22.7 Å². The number of aliphatic imine (C=N–C) groups is 1. The minimum atomic E-state index is -0.478. The van der Waals surface area contributed by atoms with E-state index >= 15 is 0 Å². The lowest BCUT2D eigenvalue weighted by Gasteiger charge is -2.20. The van der Waals surface area contributed by atoms with Crippen molar-refractivity contribution in [2.45, 2.75) is 6.92 Å². The molecule has 7 nitrogen and oxygen atoms in total. The van der Waals surface area contributed by atoms with Crippen molar-refractivity contribution in [2.24, 2.45) is 10.1 Å². The van der Waals surface area contributed by atoms with Crippen LogP contribution in [0.15, 0.2) is 82.5 Å². The molecule has 0 aliphatic carbocycles. The van der Waals surface area contributed by atoms with Crippen molar-refractivity contribution in [2.75, 3.05) is 6.61 Å². The zero-order valence-corrected chi connectivity index (χ0v) is 19.1. The number of amides is 1. The zero-order chi connectivity index (χ0) is 22.9. The number of aromatic nitrogens is 1. The largest absolute Gasteiger partial charge is 0.486 e. The molecule has 9 heteroatoms. The third kappa shape index (κ3) is 4.22. The summed E-state index contributed by atoms with van der Waals surface area (Å²) in [4.78, 5) is 16.9.